The zero-order chi connectivity index (χ0) is 18.9. The monoisotopic (exact) mass is 350 g/mol. The fourth-order valence-electron chi connectivity index (χ4n) is 2.63. The Morgan fingerprint density at radius 1 is 1.32 bits per heavy atom. The quantitative estimate of drug-likeness (QED) is 0.346. The van der Waals surface area contributed by atoms with Gasteiger partial charge in [-0.05, 0) is 19.4 Å². The lowest BCUT2D eigenvalue weighted by atomic mass is 9.93. The topological polar surface area (TPSA) is 144 Å². The average molecular weight is 350 g/mol. The molecule has 10 heteroatoms. The van der Waals surface area contributed by atoms with Crippen molar-refractivity contribution in [1.82, 2.24) is 4.90 Å². The van der Waals surface area contributed by atoms with Crippen LogP contribution in [0.25, 0.3) is 0 Å². The molecule has 1 aromatic carbocycles. The molecule has 2 rings (SSSR count). The summed E-state index contributed by atoms with van der Waals surface area (Å²) < 4.78 is 4.44. The minimum Gasteiger partial charge on any atom is -0.479 e. The van der Waals surface area contributed by atoms with E-state index < -0.39 is 51.9 Å². The second-order valence-electron chi connectivity index (χ2n) is 5.56. The maximum absolute atomic E-state index is 12.6. The Morgan fingerprint density at radius 3 is 2.48 bits per heavy atom. The zero-order valence-electron chi connectivity index (χ0n) is 13.3. The molecule has 10 nitrogen and oxygen atoms in total. The van der Waals surface area contributed by atoms with Crippen LogP contribution < -0.4 is 0 Å². The SMILES string of the molecule is COC(=O)CCC(C)(C(=O)O)N1C(=O)c2cccc([N+](=O)[O-])c2C1=O. The normalized spacial score (nSPS) is 15.5. The van der Waals surface area contributed by atoms with E-state index in [1.807, 2.05) is 0 Å². The molecule has 1 heterocycles. The summed E-state index contributed by atoms with van der Waals surface area (Å²) in [5.74, 6) is -4.27. The molecule has 0 radical (unpaired) electrons. The highest BCUT2D eigenvalue weighted by atomic mass is 16.6. The van der Waals surface area contributed by atoms with E-state index in [1.165, 1.54) is 12.1 Å². The van der Waals surface area contributed by atoms with Crippen molar-refractivity contribution in [3.63, 3.8) is 0 Å². The lowest BCUT2D eigenvalue weighted by Crippen LogP contribution is -2.55. The van der Waals surface area contributed by atoms with Crippen LogP contribution in [0.3, 0.4) is 0 Å². The molecule has 1 atom stereocenters. The van der Waals surface area contributed by atoms with Crippen LogP contribution in [0.5, 0.6) is 0 Å². The minimum absolute atomic E-state index is 0.246. The standard InChI is InChI=1S/C15H14N2O8/c1-15(14(21)22,7-6-10(18)25-2)16-12(19)8-4-3-5-9(17(23)24)11(8)13(16)20/h3-5H,6-7H2,1-2H3,(H,21,22). The van der Waals surface area contributed by atoms with Gasteiger partial charge in [0.1, 0.15) is 11.1 Å². The van der Waals surface area contributed by atoms with Gasteiger partial charge in [0.15, 0.2) is 0 Å². The number of amides is 2. The Hall–Kier alpha value is -3.30. The van der Waals surface area contributed by atoms with Gasteiger partial charge in [-0.3, -0.25) is 29.4 Å². The Balaban J connectivity index is 2.51. The first-order valence-corrected chi connectivity index (χ1v) is 7.11. The molecule has 1 unspecified atom stereocenters. The second-order valence-corrected chi connectivity index (χ2v) is 5.56. The number of ether oxygens (including phenoxy) is 1. The number of esters is 1. The smallest absolute Gasteiger partial charge is 0.329 e. The molecule has 1 aliphatic heterocycles. The Labute approximate surface area is 141 Å². The van der Waals surface area contributed by atoms with E-state index in [0.29, 0.717) is 4.90 Å². The number of nitrogens with zero attached hydrogens (tertiary/aromatic N) is 2. The third-order valence-corrected chi connectivity index (χ3v) is 4.09. The molecule has 0 saturated carbocycles. The molecule has 1 aliphatic rings. The van der Waals surface area contributed by atoms with Crippen molar-refractivity contribution in [2.24, 2.45) is 0 Å². The summed E-state index contributed by atoms with van der Waals surface area (Å²) in [7, 11) is 1.12. The van der Waals surface area contributed by atoms with Crippen molar-refractivity contribution < 1.29 is 33.9 Å². The summed E-state index contributed by atoms with van der Waals surface area (Å²) in [5, 5.41) is 20.6. The van der Waals surface area contributed by atoms with E-state index in [-0.39, 0.29) is 12.0 Å². The van der Waals surface area contributed by atoms with Crippen LogP contribution in [0, 0.1) is 10.1 Å². The highest BCUT2D eigenvalue weighted by Crippen LogP contribution is 2.36. The number of hydrogen-bond donors (Lipinski definition) is 1. The van der Waals surface area contributed by atoms with Crippen LogP contribution in [0.15, 0.2) is 18.2 Å². The number of rotatable bonds is 6. The molecule has 25 heavy (non-hydrogen) atoms. The number of nitro groups is 1. The van der Waals surface area contributed by atoms with Crippen LogP contribution in [0.1, 0.15) is 40.5 Å². The van der Waals surface area contributed by atoms with Gasteiger partial charge in [0.25, 0.3) is 17.5 Å². The van der Waals surface area contributed by atoms with Crippen molar-refractivity contribution in [2.75, 3.05) is 7.11 Å². The van der Waals surface area contributed by atoms with E-state index in [9.17, 15) is 34.4 Å². The molecule has 0 aromatic heterocycles. The summed E-state index contributed by atoms with van der Waals surface area (Å²) in [6.45, 7) is 1.10. The van der Waals surface area contributed by atoms with Gasteiger partial charge >= 0.3 is 11.9 Å². The number of fused-ring (bicyclic) bond motifs is 1. The van der Waals surface area contributed by atoms with Gasteiger partial charge in [0, 0.05) is 12.5 Å². The van der Waals surface area contributed by atoms with Crippen molar-refractivity contribution in [3.8, 4) is 0 Å². The van der Waals surface area contributed by atoms with Gasteiger partial charge in [-0.1, -0.05) is 6.07 Å². The number of aliphatic carboxylic acids is 1. The summed E-state index contributed by atoms with van der Waals surface area (Å²) in [6.07, 6.45) is -0.747. The third kappa shape index (κ3) is 2.82. The van der Waals surface area contributed by atoms with Gasteiger partial charge in [0.05, 0.1) is 17.6 Å². The largest absolute Gasteiger partial charge is 0.479 e. The van der Waals surface area contributed by atoms with E-state index in [1.54, 1.807) is 0 Å². The molecule has 0 fully saturated rings. The first-order chi connectivity index (χ1) is 11.6. The van der Waals surface area contributed by atoms with Crippen LogP contribution in [0.4, 0.5) is 5.69 Å². The molecule has 1 aromatic rings. The van der Waals surface area contributed by atoms with E-state index in [4.69, 9.17) is 0 Å². The van der Waals surface area contributed by atoms with Crippen molar-refractivity contribution >= 4 is 29.4 Å². The number of carbonyl (C=O) groups is 4. The molecule has 2 amide bonds. The number of hydrogen-bond acceptors (Lipinski definition) is 7. The molecule has 132 valence electrons. The number of benzene rings is 1. The summed E-state index contributed by atoms with van der Waals surface area (Å²) in [6, 6.07) is 3.50. The number of carboxylic acids is 1. The molecule has 0 aliphatic carbocycles. The van der Waals surface area contributed by atoms with Gasteiger partial charge in [-0.15, -0.1) is 0 Å². The van der Waals surface area contributed by atoms with Crippen LogP contribution in [0.2, 0.25) is 0 Å². The first-order valence-electron chi connectivity index (χ1n) is 7.11. The number of carbonyl (C=O) groups excluding carboxylic acids is 3. The van der Waals surface area contributed by atoms with Crippen LogP contribution in [-0.2, 0) is 14.3 Å². The van der Waals surface area contributed by atoms with Crippen molar-refractivity contribution in [1.29, 1.82) is 0 Å². The van der Waals surface area contributed by atoms with E-state index in [0.717, 1.165) is 20.1 Å². The van der Waals surface area contributed by atoms with Crippen molar-refractivity contribution in [2.45, 2.75) is 25.3 Å². The van der Waals surface area contributed by atoms with E-state index >= 15 is 0 Å². The molecular formula is C15H14N2O8. The number of nitro benzene ring substituents is 1. The lowest BCUT2D eigenvalue weighted by Gasteiger charge is -2.32. The number of imide groups is 1. The van der Waals surface area contributed by atoms with Gasteiger partial charge in [0.2, 0.25) is 0 Å². The average Bonchev–Trinajstić information content (AvgIpc) is 2.83. The molecular weight excluding hydrogens is 336 g/mol. The highest BCUT2D eigenvalue weighted by molar-refractivity contribution is 6.24. The molecule has 0 spiro atoms. The maximum Gasteiger partial charge on any atom is 0.329 e. The van der Waals surface area contributed by atoms with Crippen LogP contribution >= 0.6 is 0 Å². The Bertz CT molecular complexity index is 803. The van der Waals surface area contributed by atoms with Gasteiger partial charge in [-0.2, -0.15) is 0 Å². The predicted molar refractivity (Wildman–Crippen MR) is 80.9 cm³/mol. The lowest BCUT2D eigenvalue weighted by molar-refractivity contribution is -0.385. The Morgan fingerprint density at radius 2 is 1.96 bits per heavy atom. The fraction of sp³-hybridized carbons (Fsp3) is 0.333. The maximum atomic E-state index is 12.6. The zero-order valence-corrected chi connectivity index (χ0v) is 13.3. The van der Waals surface area contributed by atoms with Crippen molar-refractivity contribution in [3.05, 3.63) is 39.4 Å². The molecule has 1 N–H and O–H groups in total. The molecule has 0 bridgehead atoms. The van der Waals surface area contributed by atoms with Crippen LogP contribution in [-0.4, -0.2) is 51.3 Å². The fourth-order valence-corrected chi connectivity index (χ4v) is 2.63. The minimum atomic E-state index is -2.06. The number of carboxylic acid groups (broad SMARTS) is 1. The first kappa shape index (κ1) is 18.0. The molecule has 0 saturated heterocycles. The summed E-state index contributed by atoms with van der Waals surface area (Å²) in [5.41, 5.74) is -3.35. The predicted octanol–water partition coefficient (Wildman–Crippen LogP) is 0.987. The summed E-state index contributed by atoms with van der Waals surface area (Å²) in [4.78, 5) is 59.0. The second kappa shape index (κ2) is 6.30. The Kier molecular flexibility index (Phi) is 4.55. The highest BCUT2D eigenvalue weighted by Gasteiger charge is 2.53. The third-order valence-electron chi connectivity index (χ3n) is 4.09. The summed E-state index contributed by atoms with van der Waals surface area (Å²) >= 11 is 0. The van der Waals surface area contributed by atoms with Gasteiger partial charge in [-0.25, -0.2) is 4.79 Å². The number of methoxy groups -OCH3 is 1. The van der Waals surface area contributed by atoms with Gasteiger partial charge < -0.3 is 9.84 Å². The van der Waals surface area contributed by atoms with E-state index in [2.05, 4.69) is 4.74 Å².